The zero-order chi connectivity index (χ0) is 10.8. The molecular formula is C13H18N2O. The molecule has 1 aromatic carbocycles. The van der Waals surface area contributed by atoms with Crippen LogP contribution in [-0.4, -0.2) is 25.8 Å². The van der Waals surface area contributed by atoms with E-state index >= 15 is 0 Å². The highest BCUT2D eigenvalue weighted by Crippen LogP contribution is 2.24. The summed E-state index contributed by atoms with van der Waals surface area (Å²) in [6, 6.07) is 7.08. The number of anilines is 1. The van der Waals surface area contributed by atoms with Crippen LogP contribution >= 0.6 is 0 Å². The number of hydrogen-bond acceptors (Lipinski definition) is 3. The maximum atomic E-state index is 5.40. The van der Waals surface area contributed by atoms with Crippen molar-refractivity contribution in [3.05, 3.63) is 29.3 Å². The SMILES string of the molecule is c1cc2c(c(N[C@H]3CCOC3)c1)CNCC2. The second-order valence-corrected chi connectivity index (χ2v) is 4.57. The minimum atomic E-state index is 0.494. The topological polar surface area (TPSA) is 33.3 Å². The molecule has 3 heteroatoms. The van der Waals surface area contributed by atoms with E-state index in [0.717, 1.165) is 39.1 Å². The third-order valence-electron chi connectivity index (χ3n) is 3.44. The van der Waals surface area contributed by atoms with Gasteiger partial charge in [-0.2, -0.15) is 0 Å². The van der Waals surface area contributed by atoms with Crippen molar-refractivity contribution in [1.82, 2.24) is 5.32 Å². The summed E-state index contributed by atoms with van der Waals surface area (Å²) < 4.78 is 5.40. The van der Waals surface area contributed by atoms with Crippen LogP contribution in [-0.2, 0) is 17.7 Å². The molecule has 0 amide bonds. The lowest BCUT2D eigenvalue weighted by atomic mass is 9.99. The maximum Gasteiger partial charge on any atom is 0.0668 e. The number of rotatable bonds is 2. The molecule has 2 heterocycles. The van der Waals surface area contributed by atoms with Gasteiger partial charge in [-0.1, -0.05) is 12.1 Å². The Hall–Kier alpha value is -1.06. The summed E-state index contributed by atoms with van der Waals surface area (Å²) in [6.45, 7) is 3.83. The second kappa shape index (κ2) is 4.44. The molecule has 2 N–H and O–H groups in total. The third kappa shape index (κ3) is 1.93. The van der Waals surface area contributed by atoms with Crippen molar-refractivity contribution in [3.63, 3.8) is 0 Å². The van der Waals surface area contributed by atoms with Crippen LogP contribution in [0.3, 0.4) is 0 Å². The summed E-state index contributed by atoms with van der Waals surface area (Å²) in [5.74, 6) is 0. The standard InChI is InChI=1S/C13H18N2O/c1-2-10-4-6-14-8-12(10)13(3-1)15-11-5-7-16-9-11/h1-3,11,14-15H,4-9H2/t11-/m0/s1. The number of benzene rings is 1. The van der Waals surface area contributed by atoms with Crippen LogP contribution in [0.2, 0.25) is 0 Å². The average molecular weight is 218 g/mol. The van der Waals surface area contributed by atoms with Gasteiger partial charge in [-0.25, -0.2) is 0 Å². The molecule has 1 atom stereocenters. The summed E-state index contributed by atoms with van der Waals surface area (Å²) in [6.07, 6.45) is 2.27. The van der Waals surface area contributed by atoms with E-state index in [1.165, 1.54) is 16.8 Å². The highest BCUT2D eigenvalue weighted by atomic mass is 16.5. The van der Waals surface area contributed by atoms with Gasteiger partial charge >= 0.3 is 0 Å². The van der Waals surface area contributed by atoms with E-state index in [0.29, 0.717) is 6.04 Å². The van der Waals surface area contributed by atoms with Crippen molar-refractivity contribution in [3.8, 4) is 0 Å². The third-order valence-corrected chi connectivity index (χ3v) is 3.44. The van der Waals surface area contributed by atoms with Gasteiger partial charge in [0.05, 0.1) is 12.6 Å². The van der Waals surface area contributed by atoms with Gasteiger partial charge in [0.1, 0.15) is 0 Å². The Bertz CT molecular complexity index is 372. The normalized spacial score (nSPS) is 24.1. The van der Waals surface area contributed by atoms with Crippen molar-refractivity contribution in [1.29, 1.82) is 0 Å². The molecule has 1 aromatic rings. The first-order chi connectivity index (χ1) is 7.93. The van der Waals surface area contributed by atoms with E-state index in [-0.39, 0.29) is 0 Å². The quantitative estimate of drug-likeness (QED) is 0.790. The van der Waals surface area contributed by atoms with Crippen LogP contribution < -0.4 is 10.6 Å². The number of fused-ring (bicyclic) bond motifs is 1. The average Bonchev–Trinajstić information content (AvgIpc) is 2.82. The fourth-order valence-corrected chi connectivity index (χ4v) is 2.52. The first kappa shape index (κ1) is 10.1. The molecule has 0 unspecified atom stereocenters. The minimum absolute atomic E-state index is 0.494. The van der Waals surface area contributed by atoms with Crippen LogP contribution in [0, 0.1) is 0 Å². The molecule has 1 fully saturated rings. The van der Waals surface area contributed by atoms with Crippen molar-refractivity contribution in [2.45, 2.75) is 25.4 Å². The lowest BCUT2D eigenvalue weighted by Crippen LogP contribution is -2.26. The Balaban J connectivity index is 1.82. The molecule has 16 heavy (non-hydrogen) atoms. The largest absolute Gasteiger partial charge is 0.380 e. The number of nitrogens with one attached hydrogen (secondary N) is 2. The van der Waals surface area contributed by atoms with Gasteiger partial charge in [-0.3, -0.25) is 0 Å². The Labute approximate surface area is 96.2 Å². The van der Waals surface area contributed by atoms with Gasteiger partial charge < -0.3 is 15.4 Å². The van der Waals surface area contributed by atoms with Crippen molar-refractivity contribution in [2.24, 2.45) is 0 Å². The molecule has 0 bridgehead atoms. The van der Waals surface area contributed by atoms with Gasteiger partial charge in [0, 0.05) is 18.8 Å². The molecule has 86 valence electrons. The molecule has 2 aliphatic heterocycles. The first-order valence-electron chi connectivity index (χ1n) is 6.09. The van der Waals surface area contributed by atoms with E-state index in [1.54, 1.807) is 0 Å². The summed E-state index contributed by atoms with van der Waals surface area (Å²) in [7, 11) is 0. The van der Waals surface area contributed by atoms with Crippen molar-refractivity contribution in [2.75, 3.05) is 25.1 Å². The van der Waals surface area contributed by atoms with E-state index < -0.39 is 0 Å². The Morgan fingerprint density at radius 2 is 2.38 bits per heavy atom. The van der Waals surface area contributed by atoms with Crippen LogP contribution in [0.4, 0.5) is 5.69 Å². The van der Waals surface area contributed by atoms with Crippen molar-refractivity contribution < 1.29 is 4.74 Å². The van der Waals surface area contributed by atoms with Gasteiger partial charge in [0.25, 0.3) is 0 Å². The minimum Gasteiger partial charge on any atom is -0.380 e. The van der Waals surface area contributed by atoms with Crippen LogP contribution in [0.5, 0.6) is 0 Å². The Kier molecular flexibility index (Phi) is 2.80. The molecule has 0 radical (unpaired) electrons. The highest BCUT2D eigenvalue weighted by molar-refractivity contribution is 5.56. The molecule has 0 saturated carbocycles. The second-order valence-electron chi connectivity index (χ2n) is 4.57. The first-order valence-corrected chi connectivity index (χ1v) is 6.09. The molecule has 3 rings (SSSR count). The van der Waals surface area contributed by atoms with E-state index in [2.05, 4.69) is 28.8 Å². The predicted octanol–water partition coefficient (Wildman–Crippen LogP) is 1.53. The van der Waals surface area contributed by atoms with Gasteiger partial charge in [0.2, 0.25) is 0 Å². The van der Waals surface area contributed by atoms with Gasteiger partial charge in [-0.15, -0.1) is 0 Å². The Morgan fingerprint density at radius 1 is 1.38 bits per heavy atom. The van der Waals surface area contributed by atoms with Gasteiger partial charge in [0.15, 0.2) is 0 Å². The van der Waals surface area contributed by atoms with Crippen LogP contribution in [0.25, 0.3) is 0 Å². The summed E-state index contributed by atoms with van der Waals surface area (Å²) in [4.78, 5) is 0. The molecule has 3 nitrogen and oxygen atoms in total. The summed E-state index contributed by atoms with van der Waals surface area (Å²) >= 11 is 0. The van der Waals surface area contributed by atoms with E-state index in [1.807, 2.05) is 0 Å². The molecule has 0 aliphatic carbocycles. The number of hydrogen-bond donors (Lipinski definition) is 2. The number of ether oxygens (including phenoxy) is 1. The summed E-state index contributed by atoms with van der Waals surface area (Å²) in [5.41, 5.74) is 4.23. The molecule has 0 aromatic heterocycles. The molecule has 1 saturated heterocycles. The maximum absolute atomic E-state index is 5.40. The zero-order valence-electron chi connectivity index (χ0n) is 9.46. The Morgan fingerprint density at radius 3 is 3.25 bits per heavy atom. The zero-order valence-corrected chi connectivity index (χ0v) is 9.46. The lowest BCUT2D eigenvalue weighted by molar-refractivity contribution is 0.195. The molecule has 0 spiro atoms. The fourth-order valence-electron chi connectivity index (χ4n) is 2.52. The van der Waals surface area contributed by atoms with Crippen LogP contribution in [0.1, 0.15) is 17.5 Å². The van der Waals surface area contributed by atoms with Crippen LogP contribution in [0.15, 0.2) is 18.2 Å². The monoisotopic (exact) mass is 218 g/mol. The lowest BCUT2D eigenvalue weighted by Gasteiger charge is -2.22. The van der Waals surface area contributed by atoms with E-state index in [4.69, 9.17) is 4.74 Å². The van der Waals surface area contributed by atoms with Gasteiger partial charge in [-0.05, 0) is 36.6 Å². The highest BCUT2D eigenvalue weighted by Gasteiger charge is 2.18. The molecule has 2 aliphatic rings. The summed E-state index contributed by atoms with van der Waals surface area (Å²) in [5, 5.41) is 7.04. The fraction of sp³-hybridized carbons (Fsp3) is 0.538. The predicted molar refractivity (Wildman–Crippen MR) is 64.7 cm³/mol. The van der Waals surface area contributed by atoms with Crippen molar-refractivity contribution >= 4 is 5.69 Å². The smallest absolute Gasteiger partial charge is 0.0668 e. The molecular weight excluding hydrogens is 200 g/mol. The van der Waals surface area contributed by atoms with E-state index in [9.17, 15) is 0 Å².